The van der Waals surface area contributed by atoms with Crippen molar-refractivity contribution in [2.24, 2.45) is 5.73 Å². The molecule has 2 aromatic rings. The molecule has 0 atom stereocenters. The molecular weight excluding hydrogens is 336 g/mol. The fourth-order valence-electron chi connectivity index (χ4n) is 2.67. The van der Waals surface area contributed by atoms with Gasteiger partial charge in [0.15, 0.2) is 5.82 Å². The minimum atomic E-state index is -0.338. The molecule has 24 heavy (non-hydrogen) atoms. The van der Waals surface area contributed by atoms with Crippen molar-refractivity contribution in [1.82, 2.24) is 15.0 Å². The molecule has 2 heterocycles. The number of aromatic nitrogens is 2. The number of benzene rings is 1. The van der Waals surface area contributed by atoms with E-state index in [0.717, 1.165) is 13.1 Å². The van der Waals surface area contributed by atoms with Crippen LogP contribution in [0.5, 0.6) is 0 Å². The summed E-state index contributed by atoms with van der Waals surface area (Å²) < 4.78 is 4.99. The topological polar surface area (TPSA) is 115 Å². The summed E-state index contributed by atoms with van der Waals surface area (Å²) >= 11 is 0. The maximum atomic E-state index is 11.1. The van der Waals surface area contributed by atoms with Crippen LogP contribution in [-0.4, -0.2) is 46.1 Å². The number of para-hydroxylation sites is 2. The second-order valence-corrected chi connectivity index (χ2v) is 5.32. The molecule has 1 saturated heterocycles. The number of nitro benzene ring substituents is 1. The molecular formula is C14H19ClN6O3. The number of anilines is 1. The number of piperazine rings is 1. The van der Waals surface area contributed by atoms with Crippen molar-refractivity contribution in [3.05, 3.63) is 46.1 Å². The van der Waals surface area contributed by atoms with Crippen molar-refractivity contribution in [2.75, 3.05) is 31.1 Å². The highest BCUT2D eigenvalue weighted by Gasteiger charge is 2.23. The molecule has 1 fully saturated rings. The smallest absolute Gasteiger partial charge is 0.292 e. The maximum Gasteiger partial charge on any atom is 0.292 e. The first-order valence-corrected chi connectivity index (χ1v) is 7.39. The fourth-order valence-corrected chi connectivity index (χ4v) is 2.67. The number of nitrogens with two attached hydrogens (primary N) is 1. The summed E-state index contributed by atoms with van der Waals surface area (Å²) in [5.74, 6) is 1.04. The number of halogens is 1. The van der Waals surface area contributed by atoms with Gasteiger partial charge in [-0.1, -0.05) is 17.3 Å². The van der Waals surface area contributed by atoms with Crippen molar-refractivity contribution >= 4 is 23.8 Å². The van der Waals surface area contributed by atoms with E-state index in [-0.39, 0.29) is 29.6 Å². The Morgan fingerprint density at radius 2 is 1.96 bits per heavy atom. The summed E-state index contributed by atoms with van der Waals surface area (Å²) in [6.45, 7) is 3.81. The van der Waals surface area contributed by atoms with E-state index in [0.29, 0.717) is 37.0 Å². The van der Waals surface area contributed by atoms with Crippen LogP contribution in [0.1, 0.15) is 11.7 Å². The van der Waals surface area contributed by atoms with Crippen LogP contribution in [0.2, 0.25) is 0 Å². The lowest BCUT2D eigenvalue weighted by Gasteiger charge is -2.35. The molecule has 10 heteroatoms. The monoisotopic (exact) mass is 354 g/mol. The van der Waals surface area contributed by atoms with Gasteiger partial charge in [-0.15, -0.1) is 12.4 Å². The summed E-state index contributed by atoms with van der Waals surface area (Å²) in [7, 11) is 0. The van der Waals surface area contributed by atoms with E-state index in [9.17, 15) is 10.1 Å². The molecule has 0 amide bonds. The first-order valence-electron chi connectivity index (χ1n) is 7.39. The van der Waals surface area contributed by atoms with Gasteiger partial charge in [-0.25, -0.2) is 0 Å². The van der Waals surface area contributed by atoms with Crippen molar-refractivity contribution in [2.45, 2.75) is 13.1 Å². The molecule has 0 spiro atoms. The van der Waals surface area contributed by atoms with E-state index < -0.39 is 0 Å². The Bertz CT molecular complexity index is 687. The highest BCUT2D eigenvalue weighted by molar-refractivity contribution is 5.85. The Balaban J connectivity index is 0.00000208. The second-order valence-electron chi connectivity index (χ2n) is 5.32. The molecule has 0 saturated carbocycles. The van der Waals surface area contributed by atoms with E-state index in [1.807, 2.05) is 11.0 Å². The molecule has 1 aromatic carbocycles. The zero-order chi connectivity index (χ0) is 16.2. The second kappa shape index (κ2) is 8.04. The van der Waals surface area contributed by atoms with Crippen molar-refractivity contribution in [1.29, 1.82) is 0 Å². The number of hydrogen-bond acceptors (Lipinski definition) is 8. The fraction of sp³-hybridized carbons (Fsp3) is 0.429. The molecule has 0 aliphatic carbocycles. The van der Waals surface area contributed by atoms with Gasteiger partial charge in [-0.2, -0.15) is 4.98 Å². The first-order chi connectivity index (χ1) is 11.2. The number of nitrogens with zero attached hydrogens (tertiary/aromatic N) is 5. The first kappa shape index (κ1) is 18.1. The van der Waals surface area contributed by atoms with Crippen LogP contribution < -0.4 is 10.6 Å². The Morgan fingerprint density at radius 3 is 2.58 bits per heavy atom. The maximum absolute atomic E-state index is 11.1. The third-order valence-electron chi connectivity index (χ3n) is 3.84. The molecule has 1 aliphatic rings. The largest absolute Gasteiger partial charge is 0.363 e. The van der Waals surface area contributed by atoms with Crippen LogP contribution >= 0.6 is 12.4 Å². The molecule has 130 valence electrons. The Labute approximate surface area is 145 Å². The molecule has 0 radical (unpaired) electrons. The van der Waals surface area contributed by atoms with E-state index >= 15 is 0 Å². The van der Waals surface area contributed by atoms with Gasteiger partial charge in [0.1, 0.15) is 5.69 Å². The lowest BCUT2D eigenvalue weighted by Crippen LogP contribution is -2.46. The van der Waals surface area contributed by atoms with Crippen LogP contribution in [-0.2, 0) is 13.1 Å². The van der Waals surface area contributed by atoms with Crippen LogP contribution in [0.4, 0.5) is 11.4 Å². The summed E-state index contributed by atoms with van der Waals surface area (Å²) in [5, 5.41) is 15.0. The van der Waals surface area contributed by atoms with Gasteiger partial charge in [0.05, 0.1) is 18.0 Å². The van der Waals surface area contributed by atoms with Gasteiger partial charge in [0.2, 0.25) is 5.89 Å². The summed E-state index contributed by atoms with van der Waals surface area (Å²) in [4.78, 5) is 19.2. The predicted molar refractivity (Wildman–Crippen MR) is 90.0 cm³/mol. The Hall–Kier alpha value is -2.23. The van der Waals surface area contributed by atoms with Gasteiger partial charge in [-0.3, -0.25) is 15.0 Å². The minimum absolute atomic E-state index is 0. The number of nitro groups is 1. The van der Waals surface area contributed by atoms with Crippen LogP contribution in [0, 0.1) is 10.1 Å². The summed E-state index contributed by atoms with van der Waals surface area (Å²) in [5.41, 5.74) is 6.26. The molecule has 2 N–H and O–H groups in total. The van der Waals surface area contributed by atoms with Crippen molar-refractivity contribution in [3.63, 3.8) is 0 Å². The molecule has 1 aliphatic heterocycles. The molecule has 9 nitrogen and oxygen atoms in total. The average molecular weight is 355 g/mol. The van der Waals surface area contributed by atoms with Crippen molar-refractivity contribution < 1.29 is 9.45 Å². The van der Waals surface area contributed by atoms with Crippen LogP contribution in [0.3, 0.4) is 0 Å². The lowest BCUT2D eigenvalue weighted by molar-refractivity contribution is -0.384. The van der Waals surface area contributed by atoms with Crippen molar-refractivity contribution in [3.8, 4) is 0 Å². The average Bonchev–Trinajstić information content (AvgIpc) is 3.03. The molecule has 1 aromatic heterocycles. The molecule has 0 unspecified atom stereocenters. The highest BCUT2D eigenvalue weighted by atomic mass is 35.5. The Morgan fingerprint density at radius 1 is 1.25 bits per heavy atom. The Kier molecular flexibility index (Phi) is 6.07. The van der Waals surface area contributed by atoms with Gasteiger partial charge in [-0.05, 0) is 6.07 Å². The summed E-state index contributed by atoms with van der Waals surface area (Å²) in [6.07, 6.45) is 0. The van der Waals surface area contributed by atoms with Gasteiger partial charge in [0.25, 0.3) is 5.69 Å². The van der Waals surface area contributed by atoms with E-state index in [1.54, 1.807) is 12.1 Å². The molecule has 3 rings (SSSR count). The SMILES string of the molecule is Cl.NCc1nc(CN2CCN(c3ccccc3[N+](=O)[O-])CC2)no1. The third kappa shape index (κ3) is 3.99. The zero-order valence-electron chi connectivity index (χ0n) is 13.0. The highest BCUT2D eigenvalue weighted by Crippen LogP contribution is 2.28. The third-order valence-corrected chi connectivity index (χ3v) is 3.84. The van der Waals surface area contributed by atoms with Crippen LogP contribution in [0.15, 0.2) is 28.8 Å². The van der Waals surface area contributed by atoms with E-state index in [2.05, 4.69) is 15.0 Å². The standard InChI is InChI=1S/C14H18N6O3.ClH/c15-9-14-16-13(17-23-14)10-18-5-7-19(8-6-18)11-3-1-2-4-12(11)20(21)22;/h1-4H,5-10,15H2;1H. The predicted octanol–water partition coefficient (Wildman–Crippen LogP) is 1.18. The summed E-state index contributed by atoms with van der Waals surface area (Å²) in [6, 6.07) is 6.83. The molecule has 0 bridgehead atoms. The lowest BCUT2D eigenvalue weighted by atomic mass is 10.2. The quantitative estimate of drug-likeness (QED) is 0.628. The van der Waals surface area contributed by atoms with E-state index in [4.69, 9.17) is 10.3 Å². The number of hydrogen-bond donors (Lipinski definition) is 1. The zero-order valence-corrected chi connectivity index (χ0v) is 13.8. The van der Waals surface area contributed by atoms with Gasteiger partial charge >= 0.3 is 0 Å². The normalized spacial score (nSPS) is 15.1. The number of rotatable bonds is 5. The minimum Gasteiger partial charge on any atom is -0.363 e. The van der Waals surface area contributed by atoms with E-state index in [1.165, 1.54) is 6.07 Å². The van der Waals surface area contributed by atoms with Gasteiger partial charge < -0.3 is 15.2 Å². The van der Waals surface area contributed by atoms with Crippen LogP contribution in [0.25, 0.3) is 0 Å². The van der Waals surface area contributed by atoms with Gasteiger partial charge in [0, 0.05) is 32.2 Å².